The van der Waals surface area contributed by atoms with E-state index in [4.69, 9.17) is 23.9 Å². The van der Waals surface area contributed by atoms with Crippen LogP contribution in [0.4, 0.5) is 0 Å². The second-order valence-electron chi connectivity index (χ2n) is 4.63. The molecule has 8 heteroatoms. The van der Waals surface area contributed by atoms with E-state index in [2.05, 4.69) is 0 Å². The molecule has 0 heterocycles. The fraction of sp³-hybridized carbons (Fsp3) is 0.786. The van der Waals surface area contributed by atoms with E-state index in [1.807, 2.05) is 19.9 Å². The van der Waals surface area contributed by atoms with Gasteiger partial charge in [-0.1, -0.05) is 11.6 Å². The van der Waals surface area contributed by atoms with Gasteiger partial charge in [0.05, 0.1) is 19.8 Å². The standard InChI is InChI=1S/C14H27O7P/c1-6-17-14(15)13(11-9-10-12(4)5)22(16,20-18-7-2)21-19-8-3/h10,13H,6-9,11H2,1-5H3. The quantitative estimate of drug-likeness (QED) is 0.176. The van der Waals surface area contributed by atoms with Crippen molar-refractivity contribution in [3.8, 4) is 0 Å². The van der Waals surface area contributed by atoms with Crippen LogP contribution in [0.5, 0.6) is 0 Å². The molecule has 0 saturated heterocycles. The number of esters is 1. The highest BCUT2D eigenvalue weighted by Crippen LogP contribution is 2.55. The maximum atomic E-state index is 12.8. The predicted molar refractivity (Wildman–Crippen MR) is 82.1 cm³/mol. The van der Waals surface area contributed by atoms with Crippen molar-refractivity contribution in [1.82, 2.24) is 0 Å². The number of carbonyl (C=O) groups is 1. The molecule has 0 saturated carbocycles. The molecule has 0 N–H and O–H groups in total. The predicted octanol–water partition coefficient (Wildman–Crippen LogP) is 3.79. The molecular weight excluding hydrogens is 311 g/mol. The van der Waals surface area contributed by atoms with E-state index in [1.54, 1.807) is 20.8 Å². The van der Waals surface area contributed by atoms with Crippen LogP contribution in [-0.4, -0.2) is 31.4 Å². The summed E-state index contributed by atoms with van der Waals surface area (Å²) in [5.74, 6) is -0.660. The monoisotopic (exact) mass is 338 g/mol. The minimum Gasteiger partial charge on any atom is -0.465 e. The molecule has 0 aliphatic heterocycles. The molecule has 0 spiro atoms. The van der Waals surface area contributed by atoms with Crippen molar-refractivity contribution in [3.63, 3.8) is 0 Å². The van der Waals surface area contributed by atoms with Gasteiger partial charge in [0.15, 0.2) is 5.66 Å². The lowest BCUT2D eigenvalue weighted by molar-refractivity contribution is -0.264. The van der Waals surface area contributed by atoms with Crippen LogP contribution in [0.15, 0.2) is 11.6 Å². The molecule has 0 rings (SSSR count). The summed E-state index contributed by atoms with van der Waals surface area (Å²) >= 11 is 0. The molecule has 0 aromatic heterocycles. The van der Waals surface area contributed by atoms with Gasteiger partial charge in [0.1, 0.15) is 0 Å². The van der Waals surface area contributed by atoms with E-state index >= 15 is 0 Å². The van der Waals surface area contributed by atoms with Crippen molar-refractivity contribution in [3.05, 3.63) is 11.6 Å². The Kier molecular flexibility index (Phi) is 11.4. The summed E-state index contributed by atoms with van der Waals surface area (Å²) in [7, 11) is -3.96. The molecule has 0 aromatic carbocycles. The molecule has 22 heavy (non-hydrogen) atoms. The van der Waals surface area contributed by atoms with E-state index in [0.29, 0.717) is 6.42 Å². The molecule has 130 valence electrons. The Balaban J connectivity index is 5.18. The van der Waals surface area contributed by atoms with Crippen molar-refractivity contribution in [2.45, 2.75) is 53.1 Å². The maximum Gasteiger partial charge on any atom is 0.398 e. The zero-order valence-corrected chi connectivity index (χ0v) is 14.9. The molecule has 1 unspecified atom stereocenters. The summed E-state index contributed by atoms with van der Waals surface area (Å²) in [6.45, 7) is 9.34. The summed E-state index contributed by atoms with van der Waals surface area (Å²) in [5.41, 5.74) is -0.0185. The molecule has 0 bridgehead atoms. The number of allylic oxidation sites excluding steroid dienone is 2. The third-order valence-electron chi connectivity index (χ3n) is 2.48. The summed E-state index contributed by atoms with van der Waals surface area (Å²) in [6.07, 6.45) is 2.69. The summed E-state index contributed by atoms with van der Waals surface area (Å²) in [5, 5.41) is 0. The zero-order valence-electron chi connectivity index (χ0n) is 14.0. The fourth-order valence-electron chi connectivity index (χ4n) is 1.54. The molecule has 0 aromatic rings. The molecular formula is C14H27O7P. The minimum absolute atomic E-state index is 0.156. The molecule has 0 aliphatic rings. The van der Waals surface area contributed by atoms with E-state index in [-0.39, 0.29) is 26.2 Å². The SMILES string of the molecule is CCOOP(=O)(OOCC)C(CCC=C(C)C)C(=O)OCC. The van der Waals surface area contributed by atoms with Gasteiger partial charge < -0.3 is 4.74 Å². The van der Waals surface area contributed by atoms with Crippen molar-refractivity contribution in [1.29, 1.82) is 0 Å². The minimum atomic E-state index is -3.96. The van der Waals surface area contributed by atoms with E-state index in [1.165, 1.54) is 0 Å². The first-order valence-corrected chi connectivity index (χ1v) is 9.04. The van der Waals surface area contributed by atoms with Crippen LogP contribution in [0.2, 0.25) is 0 Å². The Labute approximate surface area is 132 Å². The van der Waals surface area contributed by atoms with Crippen LogP contribution in [0.3, 0.4) is 0 Å². The first-order chi connectivity index (χ1) is 10.4. The summed E-state index contributed by atoms with van der Waals surface area (Å²) in [6, 6.07) is 0. The molecule has 0 amide bonds. The number of hydrogen-bond donors (Lipinski definition) is 0. The number of hydrogen-bond acceptors (Lipinski definition) is 7. The van der Waals surface area contributed by atoms with Crippen molar-refractivity contribution in [2.24, 2.45) is 0 Å². The second-order valence-corrected chi connectivity index (χ2v) is 6.63. The zero-order chi connectivity index (χ0) is 17.0. The van der Waals surface area contributed by atoms with Crippen LogP contribution in [-0.2, 0) is 33.2 Å². The van der Waals surface area contributed by atoms with E-state index in [9.17, 15) is 9.36 Å². The Bertz CT molecular complexity index is 379. The van der Waals surface area contributed by atoms with Gasteiger partial charge in [0.25, 0.3) is 0 Å². The van der Waals surface area contributed by atoms with E-state index in [0.717, 1.165) is 5.57 Å². The lowest BCUT2D eigenvalue weighted by atomic mass is 10.2. The van der Waals surface area contributed by atoms with E-state index < -0.39 is 19.2 Å². The first-order valence-electron chi connectivity index (χ1n) is 7.43. The van der Waals surface area contributed by atoms with Gasteiger partial charge in [-0.25, -0.2) is 9.78 Å². The largest absolute Gasteiger partial charge is 0.465 e. The smallest absolute Gasteiger partial charge is 0.398 e. The normalized spacial score (nSPS) is 12.8. The molecule has 0 radical (unpaired) electrons. The Morgan fingerprint density at radius 2 is 1.59 bits per heavy atom. The Morgan fingerprint density at radius 1 is 1.05 bits per heavy atom. The van der Waals surface area contributed by atoms with Gasteiger partial charge in [-0.3, -0.25) is 9.36 Å². The van der Waals surface area contributed by atoms with Crippen LogP contribution in [0.25, 0.3) is 0 Å². The highest BCUT2D eigenvalue weighted by Gasteiger charge is 2.44. The van der Waals surface area contributed by atoms with Gasteiger partial charge in [-0.2, -0.15) is 0 Å². The number of carbonyl (C=O) groups excluding carboxylic acids is 1. The van der Waals surface area contributed by atoms with Crippen molar-refractivity contribution >= 4 is 13.6 Å². The molecule has 0 fully saturated rings. The highest BCUT2D eigenvalue weighted by molar-refractivity contribution is 7.55. The van der Waals surface area contributed by atoms with Gasteiger partial charge >= 0.3 is 13.6 Å². The third-order valence-corrected chi connectivity index (χ3v) is 4.34. The average molecular weight is 338 g/mol. The van der Waals surface area contributed by atoms with Gasteiger partial charge in [-0.15, -0.1) is 9.35 Å². The highest BCUT2D eigenvalue weighted by atomic mass is 31.2. The number of rotatable bonds is 12. The second kappa shape index (κ2) is 11.8. The lowest BCUT2D eigenvalue weighted by Gasteiger charge is -2.22. The van der Waals surface area contributed by atoms with Crippen LogP contribution in [0, 0.1) is 0 Å². The Morgan fingerprint density at radius 3 is 2.00 bits per heavy atom. The Hall–Kier alpha value is -0.720. The molecule has 7 nitrogen and oxygen atoms in total. The van der Waals surface area contributed by atoms with Gasteiger partial charge in [0.2, 0.25) is 0 Å². The van der Waals surface area contributed by atoms with Crippen molar-refractivity contribution in [2.75, 3.05) is 19.8 Å². The van der Waals surface area contributed by atoms with Crippen LogP contribution >= 0.6 is 7.60 Å². The summed E-state index contributed by atoms with van der Waals surface area (Å²) in [4.78, 5) is 21.6. The fourth-order valence-corrected chi connectivity index (χ4v) is 3.08. The topological polar surface area (TPSA) is 80.3 Å². The first kappa shape index (κ1) is 21.3. The average Bonchev–Trinajstić information content (AvgIpc) is 2.47. The van der Waals surface area contributed by atoms with Crippen LogP contribution in [0.1, 0.15) is 47.5 Å². The molecule has 1 atom stereocenters. The third kappa shape index (κ3) is 8.06. The number of ether oxygens (including phenoxy) is 1. The maximum absolute atomic E-state index is 12.8. The summed E-state index contributed by atoms with van der Waals surface area (Å²) < 4.78 is 27.5. The lowest BCUT2D eigenvalue weighted by Crippen LogP contribution is -2.26. The molecule has 0 aliphatic carbocycles. The van der Waals surface area contributed by atoms with Crippen LogP contribution < -0.4 is 0 Å². The van der Waals surface area contributed by atoms with Gasteiger partial charge in [0, 0.05) is 0 Å². The van der Waals surface area contributed by atoms with Gasteiger partial charge in [-0.05, 0) is 47.5 Å². The van der Waals surface area contributed by atoms with Crippen molar-refractivity contribution < 1.29 is 33.2 Å².